The molecule has 0 atom stereocenters. The average molecular weight is 429 g/mol. The van der Waals surface area contributed by atoms with Crippen molar-refractivity contribution in [3.8, 4) is 6.01 Å². The number of aryl methyl sites for hydroxylation is 1. The molecule has 0 saturated carbocycles. The zero-order valence-electron chi connectivity index (χ0n) is 16.6. The average Bonchev–Trinajstić information content (AvgIpc) is 3.07. The van der Waals surface area contributed by atoms with E-state index in [4.69, 9.17) is 4.74 Å². The van der Waals surface area contributed by atoms with Crippen LogP contribution in [0.25, 0.3) is 11.0 Å². The van der Waals surface area contributed by atoms with Crippen molar-refractivity contribution in [2.45, 2.75) is 20.0 Å². The molecule has 0 amide bonds. The van der Waals surface area contributed by atoms with E-state index in [0.717, 1.165) is 29.0 Å². The number of anilines is 4. The van der Waals surface area contributed by atoms with E-state index in [9.17, 15) is 13.2 Å². The fourth-order valence-corrected chi connectivity index (χ4v) is 2.91. The molecule has 11 heteroatoms. The smallest absolute Gasteiger partial charge is 0.416 e. The van der Waals surface area contributed by atoms with Crippen LogP contribution in [0.5, 0.6) is 6.01 Å². The van der Waals surface area contributed by atoms with Crippen molar-refractivity contribution in [1.82, 2.24) is 24.9 Å². The highest BCUT2D eigenvalue weighted by Gasteiger charge is 2.30. The first kappa shape index (κ1) is 20.4. The highest BCUT2D eigenvalue weighted by atomic mass is 19.4. The summed E-state index contributed by atoms with van der Waals surface area (Å²) in [5.41, 5.74) is 1.75. The molecule has 0 saturated heterocycles. The number of H-pyrrole nitrogens is 1. The summed E-state index contributed by atoms with van der Waals surface area (Å²) >= 11 is 0. The standard InChI is InChI=1S/C20H18F3N7O/c1-3-31-19-29-17(26-13-6-4-5-12(9-13)20(21,22)23)28-18(30-19)27-14-7-8-15-16(10-14)25-11(2)24-15/h4-10H,3H2,1-2H3,(H,24,25)(H2,26,27,28,29,30). The number of aromatic nitrogens is 5. The van der Waals surface area contributed by atoms with E-state index in [1.165, 1.54) is 12.1 Å². The second-order valence-electron chi connectivity index (χ2n) is 6.58. The lowest BCUT2D eigenvalue weighted by Gasteiger charge is -2.12. The number of nitrogens with zero attached hydrogens (tertiary/aromatic N) is 4. The van der Waals surface area contributed by atoms with E-state index in [-0.39, 0.29) is 23.6 Å². The summed E-state index contributed by atoms with van der Waals surface area (Å²) in [7, 11) is 0. The summed E-state index contributed by atoms with van der Waals surface area (Å²) in [6.45, 7) is 3.94. The van der Waals surface area contributed by atoms with E-state index in [1.54, 1.807) is 6.92 Å². The number of alkyl halides is 3. The van der Waals surface area contributed by atoms with E-state index in [1.807, 2.05) is 25.1 Å². The number of rotatable bonds is 6. The first-order valence-corrected chi connectivity index (χ1v) is 9.37. The Morgan fingerprint density at radius 3 is 2.32 bits per heavy atom. The molecule has 0 radical (unpaired) electrons. The van der Waals surface area contributed by atoms with Crippen LogP contribution in [0.4, 0.5) is 36.4 Å². The van der Waals surface area contributed by atoms with Gasteiger partial charge in [-0.1, -0.05) is 6.07 Å². The van der Waals surface area contributed by atoms with Crippen LogP contribution in [-0.2, 0) is 6.18 Å². The molecular formula is C20H18F3N7O. The predicted molar refractivity (Wildman–Crippen MR) is 110 cm³/mol. The maximum atomic E-state index is 13.0. The summed E-state index contributed by atoms with van der Waals surface area (Å²) in [5.74, 6) is 1.00. The zero-order valence-corrected chi connectivity index (χ0v) is 16.6. The third-order valence-corrected chi connectivity index (χ3v) is 4.19. The van der Waals surface area contributed by atoms with Gasteiger partial charge in [-0.25, -0.2) is 4.98 Å². The summed E-state index contributed by atoms with van der Waals surface area (Å²) in [5, 5.41) is 5.83. The van der Waals surface area contributed by atoms with Crippen LogP contribution in [0, 0.1) is 6.92 Å². The maximum absolute atomic E-state index is 13.0. The highest BCUT2D eigenvalue weighted by molar-refractivity contribution is 5.80. The number of nitrogens with one attached hydrogen (secondary N) is 3. The van der Waals surface area contributed by atoms with E-state index in [0.29, 0.717) is 12.3 Å². The van der Waals surface area contributed by atoms with Crippen LogP contribution in [0.3, 0.4) is 0 Å². The van der Waals surface area contributed by atoms with E-state index < -0.39 is 11.7 Å². The summed E-state index contributed by atoms with van der Waals surface area (Å²) in [6, 6.07) is 10.3. The van der Waals surface area contributed by atoms with E-state index >= 15 is 0 Å². The maximum Gasteiger partial charge on any atom is 0.416 e. The number of hydrogen-bond acceptors (Lipinski definition) is 7. The predicted octanol–water partition coefficient (Wildman–Crippen LogP) is 4.96. The van der Waals surface area contributed by atoms with Crippen molar-refractivity contribution in [3.63, 3.8) is 0 Å². The molecule has 0 spiro atoms. The molecule has 0 unspecified atom stereocenters. The van der Waals surface area contributed by atoms with Crippen molar-refractivity contribution in [2.75, 3.05) is 17.2 Å². The number of benzene rings is 2. The molecule has 0 aliphatic rings. The van der Waals surface area contributed by atoms with Gasteiger partial charge in [0.2, 0.25) is 11.9 Å². The topological polar surface area (TPSA) is 101 Å². The number of fused-ring (bicyclic) bond motifs is 1. The molecule has 0 aliphatic carbocycles. The number of aromatic amines is 1. The van der Waals surface area contributed by atoms with Crippen LogP contribution in [0.1, 0.15) is 18.3 Å². The lowest BCUT2D eigenvalue weighted by molar-refractivity contribution is -0.137. The highest BCUT2D eigenvalue weighted by Crippen LogP contribution is 2.31. The van der Waals surface area contributed by atoms with Crippen LogP contribution >= 0.6 is 0 Å². The van der Waals surface area contributed by atoms with Crippen LogP contribution in [0.15, 0.2) is 42.5 Å². The van der Waals surface area contributed by atoms with Crippen molar-refractivity contribution < 1.29 is 17.9 Å². The van der Waals surface area contributed by atoms with Gasteiger partial charge in [0.25, 0.3) is 0 Å². The third-order valence-electron chi connectivity index (χ3n) is 4.19. The van der Waals surface area contributed by atoms with Gasteiger partial charge in [0, 0.05) is 11.4 Å². The second kappa shape index (κ2) is 8.09. The van der Waals surface area contributed by atoms with Gasteiger partial charge in [-0.05, 0) is 50.2 Å². The van der Waals surface area contributed by atoms with Crippen LogP contribution in [-0.4, -0.2) is 31.5 Å². The molecule has 160 valence electrons. The minimum absolute atomic E-state index is 0.0351. The number of ether oxygens (including phenoxy) is 1. The summed E-state index contributed by atoms with van der Waals surface area (Å²) in [6.07, 6.45) is -4.45. The van der Waals surface area contributed by atoms with Gasteiger partial charge in [-0.2, -0.15) is 28.1 Å². The Kier molecular flexibility index (Phi) is 5.32. The lowest BCUT2D eigenvalue weighted by atomic mass is 10.2. The quantitative estimate of drug-likeness (QED) is 0.398. The molecule has 2 heterocycles. The van der Waals surface area contributed by atoms with Gasteiger partial charge in [0.05, 0.1) is 23.2 Å². The largest absolute Gasteiger partial charge is 0.464 e. The molecule has 31 heavy (non-hydrogen) atoms. The molecule has 0 bridgehead atoms. The molecule has 2 aromatic heterocycles. The van der Waals surface area contributed by atoms with Crippen molar-refractivity contribution in [1.29, 1.82) is 0 Å². The third kappa shape index (κ3) is 4.82. The Balaban J connectivity index is 1.62. The van der Waals surface area contributed by atoms with Crippen molar-refractivity contribution in [2.24, 2.45) is 0 Å². The molecule has 0 fully saturated rings. The van der Waals surface area contributed by atoms with Gasteiger partial charge in [0.1, 0.15) is 5.82 Å². The first-order chi connectivity index (χ1) is 14.8. The number of imidazole rings is 1. The zero-order chi connectivity index (χ0) is 22.0. The minimum Gasteiger partial charge on any atom is -0.464 e. The fraction of sp³-hybridized carbons (Fsp3) is 0.200. The second-order valence-corrected chi connectivity index (χ2v) is 6.58. The van der Waals surface area contributed by atoms with Crippen LogP contribution in [0.2, 0.25) is 0 Å². The van der Waals surface area contributed by atoms with Gasteiger partial charge in [-0.15, -0.1) is 0 Å². The Bertz CT molecular complexity index is 1220. The Morgan fingerprint density at radius 1 is 0.935 bits per heavy atom. The van der Waals surface area contributed by atoms with Gasteiger partial charge < -0.3 is 20.4 Å². The van der Waals surface area contributed by atoms with Crippen molar-refractivity contribution in [3.05, 3.63) is 53.9 Å². The molecule has 4 aromatic rings. The monoisotopic (exact) mass is 429 g/mol. The molecule has 8 nitrogen and oxygen atoms in total. The first-order valence-electron chi connectivity index (χ1n) is 9.37. The van der Waals surface area contributed by atoms with Crippen molar-refractivity contribution >= 4 is 34.3 Å². The Hall–Kier alpha value is -3.89. The van der Waals surface area contributed by atoms with Gasteiger partial charge in [-0.3, -0.25) is 0 Å². The van der Waals surface area contributed by atoms with E-state index in [2.05, 4.69) is 35.6 Å². The summed E-state index contributed by atoms with van der Waals surface area (Å²) < 4.78 is 44.3. The number of hydrogen-bond donors (Lipinski definition) is 3. The van der Waals surface area contributed by atoms with Gasteiger partial charge >= 0.3 is 12.2 Å². The molecule has 2 aromatic carbocycles. The number of halogens is 3. The molecular weight excluding hydrogens is 411 g/mol. The van der Waals surface area contributed by atoms with Crippen LogP contribution < -0.4 is 15.4 Å². The van der Waals surface area contributed by atoms with Gasteiger partial charge in [0.15, 0.2) is 0 Å². The minimum atomic E-state index is -4.45. The molecule has 3 N–H and O–H groups in total. The lowest BCUT2D eigenvalue weighted by Crippen LogP contribution is -2.08. The normalized spacial score (nSPS) is 11.5. The Labute approximate surface area is 174 Å². The molecule has 4 rings (SSSR count). The summed E-state index contributed by atoms with van der Waals surface area (Å²) in [4.78, 5) is 20.1. The SMILES string of the molecule is CCOc1nc(Nc2cccc(C(F)(F)F)c2)nc(Nc2ccc3nc(C)[nH]c3c2)n1. The fourth-order valence-electron chi connectivity index (χ4n) is 2.91. The molecule has 0 aliphatic heterocycles. The Morgan fingerprint density at radius 2 is 1.65 bits per heavy atom.